The Labute approximate surface area is 186 Å². The molecule has 4 rings (SSSR count). The van der Waals surface area contributed by atoms with E-state index in [-0.39, 0.29) is 35.8 Å². The van der Waals surface area contributed by atoms with Crippen molar-refractivity contribution in [2.75, 3.05) is 18.4 Å². The Kier molecular flexibility index (Phi) is 7.20. The number of aromatic nitrogens is 2. The molecule has 2 heterocycles. The summed E-state index contributed by atoms with van der Waals surface area (Å²) in [6.07, 6.45) is 3.28. The lowest BCUT2D eigenvalue weighted by atomic mass is 9.91. The molecule has 0 aliphatic carbocycles. The van der Waals surface area contributed by atoms with Crippen LogP contribution in [0.2, 0.25) is 0 Å². The molecule has 0 bridgehead atoms. The highest BCUT2D eigenvalue weighted by molar-refractivity contribution is 6.05. The highest BCUT2D eigenvalue weighted by Crippen LogP contribution is 2.31. The van der Waals surface area contributed by atoms with Crippen molar-refractivity contribution in [3.05, 3.63) is 77.4 Å². The number of nitrogens with one attached hydrogen (secondary N) is 2. The first-order chi connectivity index (χ1) is 14.5. The van der Waals surface area contributed by atoms with E-state index in [1.165, 1.54) is 19.1 Å². The molecule has 0 atom stereocenters. The number of hydrogen-bond donors (Lipinski definition) is 2. The number of halogens is 2. The number of anilines is 1. The number of rotatable bonds is 5. The van der Waals surface area contributed by atoms with Crippen LogP contribution < -0.4 is 10.6 Å². The van der Waals surface area contributed by atoms with Crippen LogP contribution in [0.1, 0.15) is 52.1 Å². The second-order valence-electron chi connectivity index (χ2n) is 7.45. The Morgan fingerprint density at radius 3 is 2.48 bits per heavy atom. The summed E-state index contributed by atoms with van der Waals surface area (Å²) in [6.45, 7) is 3.21. The third-order valence-corrected chi connectivity index (χ3v) is 5.38. The van der Waals surface area contributed by atoms with Crippen LogP contribution in [0.15, 0.2) is 54.7 Å². The van der Waals surface area contributed by atoms with Crippen LogP contribution in [-0.2, 0) is 0 Å². The Morgan fingerprint density at radius 1 is 1.13 bits per heavy atom. The van der Waals surface area contributed by atoms with Crippen molar-refractivity contribution in [1.29, 1.82) is 0 Å². The SMILES string of the molecule is CC(=O)c1ccc(NC(=O)c2cnn(-c3cccc(F)c3)c2C2CCNCC2)cc1.Cl. The van der Waals surface area contributed by atoms with Crippen LogP contribution >= 0.6 is 12.4 Å². The number of nitrogens with zero attached hydrogens (tertiary/aromatic N) is 2. The van der Waals surface area contributed by atoms with E-state index in [4.69, 9.17) is 0 Å². The van der Waals surface area contributed by atoms with Crippen LogP contribution in [0.3, 0.4) is 0 Å². The molecule has 0 saturated carbocycles. The molecule has 1 aliphatic rings. The van der Waals surface area contributed by atoms with Gasteiger partial charge in [0.15, 0.2) is 5.78 Å². The summed E-state index contributed by atoms with van der Waals surface area (Å²) in [6, 6.07) is 13.0. The molecule has 6 nitrogen and oxygen atoms in total. The van der Waals surface area contributed by atoms with E-state index >= 15 is 0 Å². The normalized spacial score (nSPS) is 14.0. The minimum atomic E-state index is -0.351. The van der Waals surface area contributed by atoms with E-state index < -0.39 is 0 Å². The molecule has 1 aromatic heterocycles. The van der Waals surface area contributed by atoms with Crippen molar-refractivity contribution in [2.45, 2.75) is 25.7 Å². The Balaban J connectivity index is 0.00000272. The molecule has 31 heavy (non-hydrogen) atoms. The van der Waals surface area contributed by atoms with Crippen LogP contribution in [-0.4, -0.2) is 34.6 Å². The molecule has 0 radical (unpaired) electrons. The fourth-order valence-electron chi connectivity index (χ4n) is 3.82. The second kappa shape index (κ2) is 9.85. The summed E-state index contributed by atoms with van der Waals surface area (Å²) in [7, 11) is 0. The molecular formula is C23H24ClFN4O2. The maximum atomic E-state index is 13.8. The fraction of sp³-hybridized carbons (Fsp3) is 0.261. The first kappa shape index (κ1) is 22.7. The molecule has 1 fully saturated rings. The van der Waals surface area contributed by atoms with Gasteiger partial charge in [-0.05, 0) is 75.3 Å². The monoisotopic (exact) mass is 442 g/mol. The third kappa shape index (κ3) is 5.00. The smallest absolute Gasteiger partial charge is 0.259 e. The number of carbonyl (C=O) groups excluding carboxylic acids is 2. The maximum absolute atomic E-state index is 13.8. The lowest BCUT2D eigenvalue weighted by Crippen LogP contribution is -2.29. The van der Waals surface area contributed by atoms with Gasteiger partial charge in [-0.15, -0.1) is 12.4 Å². The van der Waals surface area contributed by atoms with Crippen molar-refractivity contribution in [3.63, 3.8) is 0 Å². The zero-order valence-corrected chi connectivity index (χ0v) is 17.9. The van der Waals surface area contributed by atoms with Crippen molar-refractivity contribution >= 4 is 29.8 Å². The van der Waals surface area contributed by atoms with Crippen LogP contribution in [0.4, 0.5) is 10.1 Å². The molecular weight excluding hydrogens is 419 g/mol. The van der Waals surface area contributed by atoms with Gasteiger partial charge < -0.3 is 10.6 Å². The number of amides is 1. The average molecular weight is 443 g/mol. The number of Topliss-reactive ketones (excluding diaryl/α,β-unsaturated/α-hetero) is 1. The van der Waals surface area contributed by atoms with Gasteiger partial charge in [-0.2, -0.15) is 5.10 Å². The predicted molar refractivity (Wildman–Crippen MR) is 120 cm³/mol. The zero-order valence-electron chi connectivity index (χ0n) is 17.1. The molecule has 8 heteroatoms. The summed E-state index contributed by atoms with van der Waals surface area (Å²) in [5, 5.41) is 10.6. The molecule has 0 unspecified atom stereocenters. The van der Waals surface area contributed by atoms with E-state index in [0.717, 1.165) is 31.6 Å². The molecule has 3 aromatic rings. The Bertz CT molecular complexity index is 1080. The standard InChI is InChI=1S/C23H23FN4O2.ClH/c1-15(29)16-5-7-19(8-6-16)27-23(30)21-14-26-28(20-4-2-3-18(24)13-20)22(21)17-9-11-25-12-10-17;/h2-8,13-14,17,25H,9-12H2,1H3,(H,27,30);1H. The van der Waals surface area contributed by atoms with Gasteiger partial charge >= 0.3 is 0 Å². The van der Waals surface area contributed by atoms with Gasteiger partial charge in [0.05, 0.1) is 23.1 Å². The van der Waals surface area contributed by atoms with E-state index in [2.05, 4.69) is 15.7 Å². The van der Waals surface area contributed by atoms with Crippen molar-refractivity contribution < 1.29 is 14.0 Å². The molecule has 1 saturated heterocycles. The summed E-state index contributed by atoms with van der Waals surface area (Å²) in [5.74, 6) is -0.520. The quantitative estimate of drug-likeness (QED) is 0.576. The predicted octanol–water partition coefficient (Wildman–Crippen LogP) is 4.36. The number of ketones is 1. The lowest BCUT2D eigenvalue weighted by Gasteiger charge is -2.24. The van der Waals surface area contributed by atoms with Crippen LogP contribution in [0.25, 0.3) is 5.69 Å². The molecule has 1 aliphatic heterocycles. The first-order valence-electron chi connectivity index (χ1n) is 10.00. The minimum absolute atomic E-state index is 0. The number of hydrogen-bond acceptors (Lipinski definition) is 4. The Hall–Kier alpha value is -3.03. The van der Waals surface area contributed by atoms with Gasteiger partial charge in [-0.3, -0.25) is 9.59 Å². The van der Waals surface area contributed by atoms with Gasteiger partial charge in [0.25, 0.3) is 5.91 Å². The molecule has 0 spiro atoms. The van der Waals surface area contributed by atoms with Gasteiger partial charge in [0.1, 0.15) is 5.82 Å². The molecule has 1 amide bonds. The summed E-state index contributed by atoms with van der Waals surface area (Å²) in [5.41, 5.74) is 3.04. The number of benzene rings is 2. The molecule has 2 aromatic carbocycles. The largest absolute Gasteiger partial charge is 0.322 e. The fourth-order valence-corrected chi connectivity index (χ4v) is 3.82. The number of piperidine rings is 1. The van der Waals surface area contributed by atoms with E-state index in [9.17, 15) is 14.0 Å². The second-order valence-corrected chi connectivity index (χ2v) is 7.45. The summed E-state index contributed by atoms with van der Waals surface area (Å²) >= 11 is 0. The van der Waals surface area contributed by atoms with Gasteiger partial charge in [0.2, 0.25) is 0 Å². The highest BCUT2D eigenvalue weighted by Gasteiger charge is 2.27. The lowest BCUT2D eigenvalue weighted by molar-refractivity contribution is 0.101. The average Bonchev–Trinajstić information content (AvgIpc) is 3.20. The first-order valence-corrected chi connectivity index (χ1v) is 10.00. The highest BCUT2D eigenvalue weighted by atomic mass is 35.5. The van der Waals surface area contributed by atoms with Crippen molar-refractivity contribution in [1.82, 2.24) is 15.1 Å². The topological polar surface area (TPSA) is 76.0 Å². The summed E-state index contributed by atoms with van der Waals surface area (Å²) < 4.78 is 15.5. The van der Waals surface area contributed by atoms with Crippen molar-refractivity contribution in [3.8, 4) is 5.69 Å². The molecule has 2 N–H and O–H groups in total. The molecule has 162 valence electrons. The zero-order chi connectivity index (χ0) is 21.1. The van der Waals surface area contributed by atoms with Gasteiger partial charge in [0, 0.05) is 17.2 Å². The minimum Gasteiger partial charge on any atom is -0.322 e. The van der Waals surface area contributed by atoms with Gasteiger partial charge in [-0.25, -0.2) is 9.07 Å². The van der Waals surface area contributed by atoms with E-state index in [0.29, 0.717) is 22.5 Å². The van der Waals surface area contributed by atoms with Crippen LogP contribution in [0.5, 0.6) is 0 Å². The third-order valence-electron chi connectivity index (χ3n) is 5.38. The van der Waals surface area contributed by atoms with Gasteiger partial charge in [-0.1, -0.05) is 6.07 Å². The van der Waals surface area contributed by atoms with Crippen LogP contribution in [0, 0.1) is 5.82 Å². The summed E-state index contributed by atoms with van der Waals surface area (Å²) in [4.78, 5) is 24.5. The number of carbonyl (C=O) groups is 2. The Morgan fingerprint density at radius 2 is 1.84 bits per heavy atom. The maximum Gasteiger partial charge on any atom is 0.259 e. The van der Waals surface area contributed by atoms with E-state index in [1.807, 2.05) is 0 Å². The van der Waals surface area contributed by atoms with E-state index in [1.54, 1.807) is 47.3 Å². The van der Waals surface area contributed by atoms with Crippen molar-refractivity contribution in [2.24, 2.45) is 0 Å².